The molecular weight excluding hydrogens is 390 g/mol. The van der Waals surface area contributed by atoms with Crippen LogP contribution in [0, 0.1) is 27.7 Å². The van der Waals surface area contributed by atoms with Crippen molar-refractivity contribution in [1.82, 2.24) is 9.46 Å². The highest BCUT2D eigenvalue weighted by Crippen LogP contribution is 2.31. The number of hydrogen-bond donors (Lipinski definition) is 1. The van der Waals surface area contributed by atoms with E-state index in [-0.39, 0.29) is 18.4 Å². The molecule has 7 nitrogen and oxygen atoms in total. The Hall–Kier alpha value is -2.19. The molecule has 0 bridgehead atoms. The van der Waals surface area contributed by atoms with Gasteiger partial charge in [0.2, 0.25) is 15.9 Å². The number of carbonyl (C=O) groups excluding carboxylic acids is 1. The fourth-order valence-electron chi connectivity index (χ4n) is 4.22. The van der Waals surface area contributed by atoms with Crippen LogP contribution in [-0.2, 0) is 14.8 Å². The number of rotatable bonds is 6. The number of nitrogens with zero attached hydrogens (tertiary/aromatic N) is 2. The molecule has 1 aromatic heterocycles. The number of aromatic nitrogens is 1. The second-order valence-electron chi connectivity index (χ2n) is 7.94. The number of aryl methyl sites for hydroxylation is 4. The van der Waals surface area contributed by atoms with Crippen molar-refractivity contribution < 1.29 is 17.7 Å². The van der Waals surface area contributed by atoms with Crippen LogP contribution in [-0.4, -0.2) is 36.4 Å². The summed E-state index contributed by atoms with van der Waals surface area (Å²) in [4.78, 5) is 13.0. The largest absolute Gasteiger partial charge is 0.360 e. The van der Waals surface area contributed by atoms with Gasteiger partial charge in [0.1, 0.15) is 5.76 Å². The van der Waals surface area contributed by atoms with Crippen LogP contribution < -0.4 is 5.32 Å². The first kappa shape index (κ1) is 21.5. The van der Waals surface area contributed by atoms with Gasteiger partial charge in [0, 0.05) is 12.1 Å². The van der Waals surface area contributed by atoms with Gasteiger partial charge in [0.15, 0.2) is 5.82 Å². The lowest BCUT2D eigenvalue weighted by Gasteiger charge is -2.33. The minimum atomic E-state index is -3.83. The number of carbonyl (C=O) groups is 1. The number of anilines is 1. The number of hydrogen-bond acceptors (Lipinski definition) is 5. The predicted molar refractivity (Wildman–Crippen MR) is 111 cm³/mol. The van der Waals surface area contributed by atoms with E-state index in [4.69, 9.17) is 4.52 Å². The summed E-state index contributed by atoms with van der Waals surface area (Å²) in [6.45, 7) is 7.05. The average molecular weight is 420 g/mol. The molecule has 2 aromatic rings. The topological polar surface area (TPSA) is 92.5 Å². The monoisotopic (exact) mass is 419 g/mol. The Kier molecular flexibility index (Phi) is 6.43. The molecule has 1 saturated carbocycles. The molecule has 158 valence electrons. The van der Waals surface area contributed by atoms with Gasteiger partial charge in [0.05, 0.1) is 11.4 Å². The Morgan fingerprint density at radius 2 is 1.72 bits per heavy atom. The normalized spacial score (nSPS) is 15.6. The number of sulfonamides is 1. The minimum absolute atomic E-state index is 0.182. The maximum Gasteiger partial charge on any atom is 0.244 e. The van der Waals surface area contributed by atoms with Crippen LogP contribution in [0.3, 0.4) is 0 Å². The third-order valence-corrected chi connectivity index (χ3v) is 7.55. The summed E-state index contributed by atoms with van der Waals surface area (Å²) in [6.07, 6.45) is 4.55. The van der Waals surface area contributed by atoms with Gasteiger partial charge in [-0.05, 0) is 51.7 Å². The zero-order valence-corrected chi connectivity index (χ0v) is 18.3. The Morgan fingerprint density at radius 1 is 1.10 bits per heavy atom. The van der Waals surface area contributed by atoms with Crippen LogP contribution in [0.15, 0.2) is 27.6 Å². The molecule has 3 rings (SSSR count). The fourth-order valence-corrected chi connectivity index (χ4v) is 6.28. The summed E-state index contributed by atoms with van der Waals surface area (Å²) in [7, 11) is -3.83. The van der Waals surface area contributed by atoms with Crippen molar-refractivity contribution in [2.45, 2.75) is 70.7 Å². The molecular formula is C21H29N3O4S. The SMILES string of the molecule is Cc1cc(C)c(S(=O)(=O)N(CC(=O)Nc2cc(C)on2)C2CCCCC2)c(C)c1. The van der Waals surface area contributed by atoms with E-state index in [0.717, 1.165) is 37.7 Å². The second-order valence-corrected chi connectivity index (χ2v) is 9.77. The Balaban J connectivity index is 1.93. The Morgan fingerprint density at radius 3 is 2.28 bits per heavy atom. The quantitative estimate of drug-likeness (QED) is 0.767. The molecule has 0 saturated heterocycles. The summed E-state index contributed by atoms with van der Waals surface area (Å²) < 4.78 is 33.7. The van der Waals surface area contributed by atoms with Crippen LogP contribution in [0.25, 0.3) is 0 Å². The predicted octanol–water partition coefficient (Wildman–Crippen LogP) is 3.87. The minimum Gasteiger partial charge on any atom is -0.360 e. The molecule has 0 spiro atoms. The van der Waals surface area contributed by atoms with Gasteiger partial charge in [-0.15, -0.1) is 0 Å². The van der Waals surface area contributed by atoms with Crippen molar-refractivity contribution in [3.8, 4) is 0 Å². The van der Waals surface area contributed by atoms with E-state index in [1.807, 2.05) is 32.9 Å². The number of amides is 1. The van der Waals surface area contributed by atoms with Crippen molar-refractivity contribution in [1.29, 1.82) is 0 Å². The van der Waals surface area contributed by atoms with E-state index in [2.05, 4.69) is 10.5 Å². The van der Waals surface area contributed by atoms with Crippen molar-refractivity contribution in [3.05, 3.63) is 40.6 Å². The molecule has 0 aliphatic heterocycles. The third kappa shape index (κ3) is 4.87. The molecule has 29 heavy (non-hydrogen) atoms. The molecule has 0 radical (unpaired) electrons. The Bertz CT molecular complexity index is 968. The summed E-state index contributed by atoms with van der Waals surface area (Å²) in [5.41, 5.74) is 2.42. The van der Waals surface area contributed by atoms with E-state index in [1.54, 1.807) is 13.0 Å². The molecule has 1 aliphatic carbocycles. The van der Waals surface area contributed by atoms with E-state index >= 15 is 0 Å². The maximum absolute atomic E-state index is 13.7. The molecule has 0 atom stereocenters. The highest BCUT2D eigenvalue weighted by atomic mass is 32.2. The first-order chi connectivity index (χ1) is 13.7. The number of nitrogens with one attached hydrogen (secondary N) is 1. The van der Waals surface area contributed by atoms with Crippen molar-refractivity contribution >= 4 is 21.7 Å². The van der Waals surface area contributed by atoms with Crippen LogP contribution in [0.2, 0.25) is 0 Å². The highest BCUT2D eigenvalue weighted by Gasteiger charge is 2.35. The van der Waals surface area contributed by atoms with Gasteiger partial charge in [0.25, 0.3) is 0 Å². The molecule has 1 heterocycles. The summed E-state index contributed by atoms with van der Waals surface area (Å²) in [5, 5.41) is 6.40. The maximum atomic E-state index is 13.7. The second kappa shape index (κ2) is 8.67. The summed E-state index contributed by atoms with van der Waals surface area (Å²) in [6, 6.07) is 5.17. The van der Waals surface area contributed by atoms with Crippen LogP contribution >= 0.6 is 0 Å². The standard InChI is InChI=1S/C21H29N3O4S/c1-14-10-15(2)21(16(3)11-14)29(26,27)24(18-8-6-5-7-9-18)13-20(25)22-19-12-17(4)28-23-19/h10-12,18H,5-9,13H2,1-4H3,(H,22,23,25). The zero-order valence-electron chi connectivity index (χ0n) is 17.5. The Labute approximate surface area is 172 Å². The smallest absolute Gasteiger partial charge is 0.244 e. The summed E-state index contributed by atoms with van der Waals surface area (Å²) >= 11 is 0. The lowest BCUT2D eigenvalue weighted by Crippen LogP contribution is -2.46. The van der Waals surface area contributed by atoms with Gasteiger partial charge < -0.3 is 9.84 Å². The van der Waals surface area contributed by atoms with Gasteiger partial charge >= 0.3 is 0 Å². The zero-order chi connectivity index (χ0) is 21.2. The number of benzene rings is 1. The first-order valence-electron chi connectivity index (χ1n) is 10.0. The fraction of sp³-hybridized carbons (Fsp3) is 0.524. The van der Waals surface area contributed by atoms with E-state index in [1.165, 1.54) is 4.31 Å². The van der Waals surface area contributed by atoms with E-state index in [0.29, 0.717) is 21.8 Å². The van der Waals surface area contributed by atoms with Crippen LogP contribution in [0.4, 0.5) is 5.82 Å². The van der Waals surface area contributed by atoms with Crippen molar-refractivity contribution in [3.63, 3.8) is 0 Å². The van der Waals surface area contributed by atoms with Crippen molar-refractivity contribution in [2.75, 3.05) is 11.9 Å². The molecule has 1 fully saturated rings. The van der Waals surface area contributed by atoms with E-state index in [9.17, 15) is 13.2 Å². The highest BCUT2D eigenvalue weighted by molar-refractivity contribution is 7.89. The van der Waals surface area contributed by atoms with Gasteiger partial charge in [-0.1, -0.05) is 42.1 Å². The molecule has 1 N–H and O–H groups in total. The average Bonchev–Trinajstić information content (AvgIpc) is 3.03. The van der Waals surface area contributed by atoms with Crippen LogP contribution in [0.5, 0.6) is 0 Å². The summed E-state index contributed by atoms with van der Waals surface area (Å²) in [5.74, 6) is 0.439. The van der Waals surface area contributed by atoms with Gasteiger partial charge in [-0.3, -0.25) is 4.79 Å². The third-order valence-electron chi connectivity index (χ3n) is 5.35. The molecule has 1 aliphatic rings. The van der Waals surface area contributed by atoms with Crippen molar-refractivity contribution in [2.24, 2.45) is 0 Å². The first-order valence-corrected chi connectivity index (χ1v) is 11.5. The lowest BCUT2D eigenvalue weighted by molar-refractivity contribution is -0.116. The lowest BCUT2D eigenvalue weighted by atomic mass is 9.95. The molecule has 8 heteroatoms. The van der Waals surface area contributed by atoms with Crippen LogP contribution in [0.1, 0.15) is 54.6 Å². The van der Waals surface area contributed by atoms with E-state index < -0.39 is 15.9 Å². The molecule has 1 amide bonds. The van der Waals surface area contributed by atoms with Gasteiger partial charge in [-0.2, -0.15) is 4.31 Å². The molecule has 1 aromatic carbocycles. The van der Waals surface area contributed by atoms with Gasteiger partial charge in [-0.25, -0.2) is 8.42 Å². The molecule has 0 unspecified atom stereocenters.